The van der Waals surface area contributed by atoms with Crippen LogP contribution in [0.1, 0.15) is 34.2 Å². The standard InChI is InChI=1S/C16H18N2O3/c1-11-8-9-14(18(11)2)16(21)17-13(10-15(19)20)12-6-4-3-5-7-12/h3-9,13H,10H2,1-2H3,(H,17,21)(H,19,20). The quantitative estimate of drug-likeness (QED) is 0.885. The number of hydrogen-bond acceptors (Lipinski definition) is 2. The van der Waals surface area contributed by atoms with E-state index < -0.39 is 12.0 Å². The lowest BCUT2D eigenvalue weighted by molar-refractivity contribution is -0.137. The van der Waals surface area contributed by atoms with Crippen molar-refractivity contribution in [3.05, 3.63) is 59.4 Å². The summed E-state index contributed by atoms with van der Waals surface area (Å²) in [7, 11) is 1.80. The van der Waals surface area contributed by atoms with E-state index >= 15 is 0 Å². The van der Waals surface area contributed by atoms with E-state index in [1.54, 1.807) is 17.7 Å². The topological polar surface area (TPSA) is 71.3 Å². The maximum absolute atomic E-state index is 12.3. The second kappa shape index (κ2) is 6.26. The Bertz CT molecular complexity index is 647. The van der Waals surface area contributed by atoms with E-state index in [0.29, 0.717) is 5.69 Å². The molecule has 1 amide bonds. The summed E-state index contributed by atoms with van der Waals surface area (Å²) in [6.07, 6.45) is -0.154. The molecule has 0 aliphatic rings. The highest BCUT2D eigenvalue weighted by molar-refractivity contribution is 5.93. The van der Waals surface area contributed by atoms with Crippen molar-refractivity contribution in [3.63, 3.8) is 0 Å². The molecule has 0 spiro atoms. The van der Waals surface area contributed by atoms with Gasteiger partial charge in [0.2, 0.25) is 0 Å². The number of aryl methyl sites for hydroxylation is 1. The maximum atomic E-state index is 12.3. The molecule has 0 saturated heterocycles. The van der Waals surface area contributed by atoms with Gasteiger partial charge in [0.15, 0.2) is 0 Å². The van der Waals surface area contributed by atoms with Crippen LogP contribution in [0.2, 0.25) is 0 Å². The SMILES string of the molecule is Cc1ccc(C(=O)NC(CC(=O)O)c2ccccc2)n1C. The van der Waals surface area contributed by atoms with Crippen molar-refractivity contribution in [2.24, 2.45) is 7.05 Å². The van der Waals surface area contributed by atoms with Gasteiger partial charge in [0, 0.05) is 12.7 Å². The zero-order valence-electron chi connectivity index (χ0n) is 12.0. The van der Waals surface area contributed by atoms with Crippen LogP contribution in [-0.2, 0) is 11.8 Å². The smallest absolute Gasteiger partial charge is 0.305 e. The summed E-state index contributed by atoms with van der Waals surface area (Å²) < 4.78 is 1.78. The van der Waals surface area contributed by atoms with Crippen molar-refractivity contribution >= 4 is 11.9 Å². The van der Waals surface area contributed by atoms with E-state index in [4.69, 9.17) is 5.11 Å². The van der Waals surface area contributed by atoms with Crippen LogP contribution >= 0.6 is 0 Å². The molecule has 1 atom stereocenters. The molecule has 1 aromatic carbocycles. The van der Waals surface area contributed by atoms with Crippen LogP contribution in [0, 0.1) is 6.92 Å². The first-order chi connectivity index (χ1) is 9.99. The summed E-state index contributed by atoms with van der Waals surface area (Å²) in [5, 5.41) is 11.8. The molecule has 5 nitrogen and oxygen atoms in total. The van der Waals surface area contributed by atoms with Crippen molar-refractivity contribution in [1.29, 1.82) is 0 Å². The Balaban J connectivity index is 2.21. The summed E-state index contributed by atoms with van der Waals surface area (Å²) in [6, 6.07) is 12.1. The molecule has 1 unspecified atom stereocenters. The van der Waals surface area contributed by atoms with Gasteiger partial charge >= 0.3 is 5.97 Å². The molecule has 0 radical (unpaired) electrons. The number of nitrogens with zero attached hydrogens (tertiary/aromatic N) is 1. The predicted octanol–water partition coefficient (Wildman–Crippen LogP) is 2.28. The highest BCUT2D eigenvalue weighted by Gasteiger charge is 2.20. The Morgan fingerprint density at radius 2 is 1.86 bits per heavy atom. The monoisotopic (exact) mass is 286 g/mol. The Hall–Kier alpha value is -2.56. The lowest BCUT2D eigenvalue weighted by atomic mass is 10.0. The second-order valence-electron chi connectivity index (χ2n) is 4.95. The minimum atomic E-state index is -0.952. The molecule has 110 valence electrons. The number of nitrogens with one attached hydrogen (secondary N) is 1. The molecule has 0 fully saturated rings. The van der Waals surface area contributed by atoms with Crippen LogP contribution in [0.15, 0.2) is 42.5 Å². The number of aromatic nitrogens is 1. The van der Waals surface area contributed by atoms with E-state index in [9.17, 15) is 9.59 Å². The Morgan fingerprint density at radius 1 is 1.19 bits per heavy atom. The van der Waals surface area contributed by atoms with Crippen LogP contribution in [0.5, 0.6) is 0 Å². The molecule has 0 saturated carbocycles. The van der Waals surface area contributed by atoms with Crippen molar-refractivity contribution < 1.29 is 14.7 Å². The van der Waals surface area contributed by atoms with Gasteiger partial charge < -0.3 is 15.0 Å². The van der Waals surface area contributed by atoms with Crippen molar-refractivity contribution in [2.75, 3.05) is 0 Å². The number of carbonyl (C=O) groups is 2. The molecule has 5 heteroatoms. The zero-order valence-corrected chi connectivity index (χ0v) is 12.0. The predicted molar refractivity (Wildman–Crippen MR) is 79.1 cm³/mol. The van der Waals surface area contributed by atoms with Gasteiger partial charge in [0.25, 0.3) is 5.91 Å². The van der Waals surface area contributed by atoms with Gasteiger partial charge in [0.05, 0.1) is 12.5 Å². The van der Waals surface area contributed by atoms with Gasteiger partial charge in [-0.05, 0) is 24.6 Å². The molecule has 21 heavy (non-hydrogen) atoms. The molecule has 1 heterocycles. The number of rotatable bonds is 5. The Labute approximate surface area is 123 Å². The van der Waals surface area contributed by atoms with Crippen molar-refractivity contribution in [2.45, 2.75) is 19.4 Å². The second-order valence-corrected chi connectivity index (χ2v) is 4.95. The fourth-order valence-corrected chi connectivity index (χ4v) is 2.19. The maximum Gasteiger partial charge on any atom is 0.305 e. The molecule has 1 aromatic heterocycles. The fraction of sp³-hybridized carbons (Fsp3) is 0.250. The normalized spacial score (nSPS) is 11.9. The summed E-state index contributed by atoms with van der Waals surface area (Å²) in [4.78, 5) is 23.3. The lowest BCUT2D eigenvalue weighted by Gasteiger charge is -2.17. The van der Waals surface area contributed by atoms with Crippen molar-refractivity contribution in [1.82, 2.24) is 9.88 Å². The number of carbonyl (C=O) groups excluding carboxylic acids is 1. The third-order valence-corrected chi connectivity index (χ3v) is 3.49. The average molecular weight is 286 g/mol. The number of carboxylic acids is 1. The van der Waals surface area contributed by atoms with Gasteiger partial charge in [0.1, 0.15) is 5.69 Å². The zero-order chi connectivity index (χ0) is 15.4. The molecular formula is C16H18N2O3. The van der Waals surface area contributed by atoms with Crippen LogP contribution in [0.25, 0.3) is 0 Å². The van der Waals surface area contributed by atoms with Gasteiger partial charge in [-0.1, -0.05) is 30.3 Å². The van der Waals surface area contributed by atoms with Gasteiger partial charge in [-0.15, -0.1) is 0 Å². The summed E-state index contributed by atoms with van der Waals surface area (Å²) in [6.45, 7) is 1.91. The molecule has 2 N–H and O–H groups in total. The van der Waals surface area contributed by atoms with Gasteiger partial charge in [-0.25, -0.2) is 0 Å². The van der Waals surface area contributed by atoms with E-state index in [2.05, 4.69) is 5.32 Å². The minimum Gasteiger partial charge on any atom is -0.481 e. The van der Waals surface area contributed by atoms with E-state index in [-0.39, 0.29) is 12.3 Å². The minimum absolute atomic E-state index is 0.154. The number of aliphatic carboxylic acids is 1. The van der Waals surface area contributed by atoms with Crippen LogP contribution in [0.4, 0.5) is 0 Å². The Kier molecular flexibility index (Phi) is 4.42. The third-order valence-electron chi connectivity index (χ3n) is 3.49. The van der Waals surface area contributed by atoms with Crippen molar-refractivity contribution in [3.8, 4) is 0 Å². The summed E-state index contributed by atoms with van der Waals surface area (Å²) in [5.41, 5.74) is 2.26. The number of carboxylic acid groups (broad SMARTS) is 1. The largest absolute Gasteiger partial charge is 0.481 e. The first-order valence-corrected chi connectivity index (χ1v) is 6.69. The molecular weight excluding hydrogens is 268 g/mol. The molecule has 2 rings (SSSR count). The number of amides is 1. The first-order valence-electron chi connectivity index (χ1n) is 6.69. The lowest BCUT2D eigenvalue weighted by Crippen LogP contribution is -2.31. The average Bonchev–Trinajstić information content (AvgIpc) is 2.79. The molecule has 0 bridgehead atoms. The highest BCUT2D eigenvalue weighted by Crippen LogP contribution is 2.17. The van der Waals surface area contributed by atoms with Crippen LogP contribution in [-0.4, -0.2) is 21.6 Å². The third kappa shape index (κ3) is 3.51. The van der Waals surface area contributed by atoms with Gasteiger partial charge in [-0.3, -0.25) is 9.59 Å². The fourth-order valence-electron chi connectivity index (χ4n) is 2.19. The van der Waals surface area contributed by atoms with Gasteiger partial charge in [-0.2, -0.15) is 0 Å². The molecule has 0 aliphatic heterocycles. The van der Waals surface area contributed by atoms with Crippen LogP contribution < -0.4 is 5.32 Å². The highest BCUT2D eigenvalue weighted by atomic mass is 16.4. The molecule has 2 aromatic rings. The number of benzene rings is 1. The Morgan fingerprint density at radius 3 is 2.38 bits per heavy atom. The first kappa shape index (κ1) is 14.8. The van der Waals surface area contributed by atoms with E-state index in [1.165, 1.54) is 0 Å². The number of hydrogen-bond donors (Lipinski definition) is 2. The summed E-state index contributed by atoms with van der Waals surface area (Å²) in [5.74, 6) is -1.23. The van der Waals surface area contributed by atoms with E-state index in [0.717, 1.165) is 11.3 Å². The van der Waals surface area contributed by atoms with Crippen LogP contribution in [0.3, 0.4) is 0 Å². The van der Waals surface area contributed by atoms with E-state index in [1.807, 2.05) is 43.3 Å². The summed E-state index contributed by atoms with van der Waals surface area (Å²) >= 11 is 0. The molecule has 0 aliphatic carbocycles.